The first-order valence-corrected chi connectivity index (χ1v) is 9.52. The van der Waals surface area contributed by atoms with Gasteiger partial charge < -0.3 is 10.2 Å². The molecule has 2 amide bonds. The number of hydrogen-bond acceptors (Lipinski definition) is 3. The highest BCUT2D eigenvalue weighted by Crippen LogP contribution is 2.36. The molecule has 0 unspecified atom stereocenters. The van der Waals surface area contributed by atoms with Gasteiger partial charge in [-0.15, -0.1) is 0 Å². The van der Waals surface area contributed by atoms with Crippen LogP contribution >= 0.6 is 0 Å². The van der Waals surface area contributed by atoms with Crippen molar-refractivity contribution in [3.63, 3.8) is 0 Å². The van der Waals surface area contributed by atoms with Crippen molar-refractivity contribution in [2.75, 3.05) is 13.6 Å². The fraction of sp³-hybridized carbons (Fsp3) is 0.227. The molecule has 8 heteroatoms. The highest BCUT2D eigenvalue weighted by atomic mass is 19.1. The van der Waals surface area contributed by atoms with E-state index in [0.717, 1.165) is 5.56 Å². The summed E-state index contributed by atoms with van der Waals surface area (Å²) in [6.07, 6.45) is 3.76. The number of nitrogens with one attached hydrogen (secondary N) is 1. The van der Waals surface area contributed by atoms with E-state index < -0.39 is 11.7 Å². The van der Waals surface area contributed by atoms with E-state index in [4.69, 9.17) is 0 Å². The minimum Gasteiger partial charge on any atom is -0.352 e. The third-order valence-corrected chi connectivity index (χ3v) is 5.34. The second-order valence-electron chi connectivity index (χ2n) is 7.33. The number of rotatable bonds is 5. The zero-order chi connectivity index (χ0) is 21.3. The minimum atomic E-state index is -0.482. The summed E-state index contributed by atoms with van der Waals surface area (Å²) in [6, 6.07) is 11.1. The maximum absolute atomic E-state index is 13.4. The maximum atomic E-state index is 13.4. The molecule has 4 rings (SSSR count). The quantitative estimate of drug-likeness (QED) is 0.703. The van der Waals surface area contributed by atoms with Gasteiger partial charge in [-0.1, -0.05) is 6.07 Å². The summed E-state index contributed by atoms with van der Waals surface area (Å²) in [6.45, 7) is 0.262. The summed E-state index contributed by atoms with van der Waals surface area (Å²) < 4.78 is 28.1. The molecular weight excluding hydrogens is 390 g/mol. The standard InChI is InChI=1S/C22H20F2N4O2/c1-27-20(29)10-15(11-25-22(30)14-3-2-4-18(24)9-14)21(27)16-12-26-28(13-16)19-7-5-17(23)6-8-19/h2-9,12-13,15,21H,10-11H2,1H3,(H,25,30)/t15-,21+/m0/s1. The van der Waals surface area contributed by atoms with Crippen molar-refractivity contribution in [1.29, 1.82) is 0 Å². The summed E-state index contributed by atoms with van der Waals surface area (Å²) >= 11 is 0. The van der Waals surface area contributed by atoms with Gasteiger partial charge in [0.1, 0.15) is 11.6 Å². The average molecular weight is 410 g/mol. The van der Waals surface area contributed by atoms with E-state index in [9.17, 15) is 18.4 Å². The summed E-state index contributed by atoms with van der Waals surface area (Å²) in [5, 5.41) is 7.13. The normalized spacial score (nSPS) is 18.6. The molecule has 0 aliphatic carbocycles. The van der Waals surface area contributed by atoms with Crippen LogP contribution in [0.15, 0.2) is 60.9 Å². The lowest BCUT2D eigenvalue weighted by atomic mass is 9.95. The fourth-order valence-electron chi connectivity index (χ4n) is 3.81. The Kier molecular flexibility index (Phi) is 5.31. The van der Waals surface area contributed by atoms with Crippen LogP contribution in [0, 0.1) is 17.6 Å². The predicted octanol–water partition coefficient (Wildman–Crippen LogP) is 3.10. The highest BCUT2D eigenvalue weighted by molar-refractivity contribution is 5.94. The lowest BCUT2D eigenvalue weighted by Crippen LogP contribution is -2.32. The Bertz CT molecular complexity index is 1080. The Morgan fingerprint density at radius 1 is 1.17 bits per heavy atom. The fourth-order valence-corrected chi connectivity index (χ4v) is 3.81. The van der Waals surface area contributed by atoms with Crippen LogP contribution in [0.2, 0.25) is 0 Å². The van der Waals surface area contributed by atoms with Gasteiger partial charge in [0.25, 0.3) is 5.91 Å². The molecule has 2 atom stereocenters. The molecule has 1 aliphatic heterocycles. The van der Waals surface area contributed by atoms with Gasteiger partial charge in [0, 0.05) is 43.3 Å². The number of carbonyl (C=O) groups excluding carboxylic acids is 2. The van der Waals surface area contributed by atoms with E-state index in [2.05, 4.69) is 10.4 Å². The van der Waals surface area contributed by atoms with Crippen molar-refractivity contribution in [3.05, 3.63) is 83.7 Å². The Balaban J connectivity index is 1.50. The Hall–Kier alpha value is -3.55. The number of likely N-dealkylation sites (tertiary alicyclic amines) is 1. The number of nitrogens with zero attached hydrogens (tertiary/aromatic N) is 3. The first kappa shape index (κ1) is 19.8. The molecule has 1 aromatic heterocycles. The topological polar surface area (TPSA) is 67.2 Å². The van der Waals surface area contributed by atoms with Crippen LogP contribution in [0.5, 0.6) is 0 Å². The largest absolute Gasteiger partial charge is 0.352 e. The van der Waals surface area contributed by atoms with Crippen LogP contribution in [0.4, 0.5) is 8.78 Å². The summed E-state index contributed by atoms with van der Waals surface area (Å²) in [5.41, 5.74) is 1.75. The molecule has 2 aromatic carbocycles. The van der Waals surface area contributed by atoms with E-state index in [1.165, 1.54) is 36.4 Å². The molecule has 6 nitrogen and oxygen atoms in total. The SMILES string of the molecule is CN1C(=O)C[C@@H](CNC(=O)c2cccc(F)c2)[C@@H]1c1cnn(-c2ccc(F)cc2)c1. The van der Waals surface area contributed by atoms with Crippen LogP contribution in [0.25, 0.3) is 5.69 Å². The molecule has 30 heavy (non-hydrogen) atoms. The van der Waals surface area contributed by atoms with Gasteiger partial charge in [-0.05, 0) is 42.5 Å². The Morgan fingerprint density at radius 3 is 2.67 bits per heavy atom. The number of amides is 2. The van der Waals surface area contributed by atoms with Gasteiger partial charge in [0.15, 0.2) is 0 Å². The van der Waals surface area contributed by atoms with Crippen molar-refractivity contribution >= 4 is 11.8 Å². The summed E-state index contributed by atoms with van der Waals surface area (Å²) in [4.78, 5) is 26.3. The summed E-state index contributed by atoms with van der Waals surface area (Å²) in [7, 11) is 1.72. The third-order valence-electron chi connectivity index (χ3n) is 5.34. The molecule has 0 bridgehead atoms. The first-order valence-electron chi connectivity index (χ1n) is 9.52. The third kappa shape index (κ3) is 3.94. The van der Waals surface area contributed by atoms with Crippen molar-refractivity contribution < 1.29 is 18.4 Å². The minimum absolute atomic E-state index is 0.0282. The maximum Gasteiger partial charge on any atom is 0.251 e. The van der Waals surface area contributed by atoms with Gasteiger partial charge in [-0.2, -0.15) is 5.10 Å². The Morgan fingerprint density at radius 2 is 1.93 bits per heavy atom. The van der Waals surface area contributed by atoms with Crippen LogP contribution in [-0.2, 0) is 4.79 Å². The van der Waals surface area contributed by atoms with Gasteiger partial charge in [-0.25, -0.2) is 13.5 Å². The van der Waals surface area contributed by atoms with Crippen LogP contribution in [0.1, 0.15) is 28.4 Å². The van der Waals surface area contributed by atoms with Gasteiger partial charge in [0.05, 0.1) is 17.9 Å². The van der Waals surface area contributed by atoms with Crippen LogP contribution < -0.4 is 5.32 Å². The molecule has 0 saturated carbocycles. The molecule has 1 aliphatic rings. The highest BCUT2D eigenvalue weighted by Gasteiger charge is 2.39. The number of hydrogen-bond donors (Lipinski definition) is 1. The van der Waals surface area contributed by atoms with Crippen LogP contribution in [-0.4, -0.2) is 40.1 Å². The van der Waals surface area contributed by atoms with Crippen molar-refractivity contribution in [1.82, 2.24) is 20.0 Å². The lowest BCUT2D eigenvalue weighted by molar-refractivity contribution is -0.127. The second kappa shape index (κ2) is 8.06. The number of carbonyl (C=O) groups is 2. The molecule has 1 N–H and O–H groups in total. The number of benzene rings is 2. The van der Waals surface area contributed by atoms with E-state index in [-0.39, 0.29) is 42.2 Å². The smallest absolute Gasteiger partial charge is 0.251 e. The van der Waals surface area contributed by atoms with Gasteiger partial charge >= 0.3 is 0 Å². The van der Waals surface area contributed by atoms with Gasteiger partial charge in [0.2, 0.25) is 5.91 Å². The molecule has 154 valence electrons. The van der Waals surface area contributed by atoms with Gasteiger partial charge in [-0.3, -0.25) is 9.59 Å². The molecule has 3 aromatic rings. The van der Waals surface area contributed by atoms with E-state index >= 15 is 0 Å². The molecular formula is C22H20F2N4O2. The zero-order valence-electron chi connectivity index (χ0n) is 16.3. The molecule has 0 spiro atoms. The zero-order valence-corrected chi connectivity index (χ0v) is 16.3. The van der Waals surface area contributed by atoms with Crippen molar-refractivity contribution in [2.45, 2.75) is 12.5 Å². The van der Waals surface area contributed by atoms with Crippen LogP contribution in [0.3, 0.4) is 0 Å². The Labute approximate surface area is 172 Å². The number of aromatic nitrogens is 2. The molecule has 0 radical (unpaired) electrons. The van der Waals surface area contributed by atoms with Crippen molar-refractivity contribution in [2.24, 2.45) is 5.92 Å². The predicted molar refractivity (Wildman–Crippen MR) is 106 cm³/mol. The lowest BCUT2D eigenvalue weighted by Gasteiger charge is -2.24. The number of halogens is 2. The second-order valence-corrected chi connectivity index (χ2v) is 7.33. The van der Waals surface area contributed by atoms with E-state index in [1.54, 1.807) is 41.2 Å². The summed E-state index contributed by atoms with van der Waals surface area (Å²) in [5.74, 6) is -1.39. The molecule has 1 saturated heterocycles. The van der Waals surface area contributed by atoms with E-state index in [0.29, 0.717) is 5.69 Å². The monoisotopic (exact) mass is 410 g/mol. The van der Waals surface area contributed by atoms with Crippen molar-refractivity contribution in [3.8, 4) is 5.69 Å². The molecule has 1 fully saturated rings. The molecule has 2 heterocycles. The average Bonchev–Trinajstić information content (AvgIpc) is 3.31. The van der Waals surface area contributed by atoms with E-state index in [1.807, 2.05) is 0 Å². The first-order chi connectivity index (χ1) is 14.4.